The van der Waals surface area contributed by atoms with Crippen LogP contribution >= 0.6 is 27.5 Å². The van der Waals surface area contributed by atoms with Gasteiger partial charge in [-0.2, -0.15) is 5.26 Å². The van der Waals surface area contributed by atoms with Gasteiger partial charge in [0.05, 0.1) is 24.5 Å². The third kappa shape index (κ3) is 4.89. The molecule has 0 N–H and O–H groups in total. The summed E-state index contributed by atoms with van der Waals surface area (Å²) in [4.78, 5) is 6.24. The molecule has 0 aliphatic carbocycles. The second kappa shape index (κ2) is 7.82. The molecule has 5 heteroatoms. The van der Waals surface area contributed by atoms with E-state index in [1.807, 2.05) is 48.8 Å². The van der Waals surface area contributed by atoms with Crippen LogP contribution in [0.25, 0.3) is 0 Å². The third-order valence-corrected chi connectivity index (χ3v) is 3.60. The van der Waals surface area contributed by atoms with Crippen LogP contribution in [0.3, 0.4) is 0 Å². The van der Waals surface area contributed by atoms with E-state index in [0.717, 1.165) is 28.3 Å². The van der Waals surface area contributed by atoms with Gasteiger partial charge in [0.25, 0.3) is 0 Å². The van der Waals surface area contributed by atoms with Crippen molar-refractivity contribution in [1.29, 1.82) is 5.26 Å². The van der Waals surface area contributed by atoms with Gasteiger partial charge in [-0.1, -0.05) is 27.5 Å². The normalized spacial score (nSPS) is 12.5. The summed E-state index contributed by atoms with van der Waals surface area (Å²) in [6.45, 7) is 1.87. The van der Waals surface area contributed by atoms with Gasteiger partial charge in [0.2, 0.25) is 0 Å². The Morgan fingerprint density at radius 3 is 2.29 bits per heavy atom. The molecule has 0 spiro atoms. The minimum atomic E-state index is 0.693. The van der Waals surface area contributed by atoms with Gasteiger partial charge in [0.15, 0.2) is 0 Å². The lowest BCUT2D eigenvalue weighted by Crippen LogP contribution is -2.17. The Kier molecular flexibility index (Phi) is 5.79. The molecule has 106 valence electrons. The standard InChI is InChI=1S/C9H9ClN2.C7H4BrN/c10-8-1-3-9(4-2-8)12-6-5-11-7-12;8-7-3-1-6(5-9)2-4-7/h1-4,7H,5-6H2;1-4H. The van der Waals surface area contributed by atoms with Crippen molar-refractivity contribution in [2.75, 3.05) is 18.0 Å². The Labute approximate surface area is 137 Å². The van der Waals surface area contributed by atoms with Crippen molar-refractivity contribution >= 4 is 39.6 Å². The monoisotopic (exact) mass is 361 g/mol. The summed E-state index contributed by atoms with van der Waals surface area (Å²) >= 11 is 9.03. The molecule has 0 saturated heterocycles. The second-order valence-electron chi connectivity index (χ2n) is 4.31. The van der Waals surface area contributed by atoms with E-state index in [1.54, 1.807) is 12.1 Å². The summed E-state index contributed by atoms with van der Waals surface area (Å²) in [5.74, 6) is 0. The number of hydrogen-bond donors (Lipinski definition) is 0. The predicted octanol–water partition coefficient (Wildman–Crippen LogP) is 4.51. The zero-order valence-electron chi connectivity index (χ0n) is 11.2. The van der Waals surface area contributed by atoms with Gasteiger partial charge in [-0.3, -0.25) is 4.99 Å². The summed E-state index contributed by atoms with van der Waals surface area (Å²) in [6, 6.07) is 17.0. The number of halogens is 2. The first-order valence-corrected chi connectivity index (χ1v) is 7.54. The maximum atomic E-state index is 8.36. The number of hydrogen-bond acceptors (Lipinski definition) is 3. The highest BCUT2D eigenvalue weighted by molar-refractivity contribution is 9.10. The molecule has 0 amide bonds. The molecular formula is C16H13BrClN3. The summed E-state index contributed by atoms with van der Waals surface area (Å²) in [6.07, 6.45) is 1.86. The number of aliphatic imine (C=N–C) groups is 1. The van der Waals surface area contributed by atoms with Gasteiger partial charge in [0.1, 0.15) is 0 Å². The number of anilines is 1. The molecule has 3 rings (SSSR count). The van der Waals surface area contributed by atoms with Crippen molar-refractivity contribution in [2.24, 2.45) is 4.99 Å². The molecule has 3 nitrogen and oxygen atoms in total. The molecule has 0 atom stereocenters. The van der Waals surface area contributed by atoms with Crippen molar-refractivity contribution in [2.45, 2.75) is 0 Å². The molecule has 0 fully saturated rings. The fraction of sp³-hybridized carbons (Fsp3) is 0.125. The highest BCUT2D eigenvalue weighted by atomic mass is 79.9. The van der Waals surface area contributed by atoms with Crippen molar-refractivity contribution in [1.82, 2.24) is 0 Å². The van der Waals surface area contributed by atoms with E-state index in [1.165, 1.54) is 0 Å². The molecule has 0 radical (unpaired) electrons. The maximum Gasteiger partial charge on any atom is 0.0991 e. The average Bonchev–Trinajstić information content (AvgIpc) is 3.04. The Morgan fingerprint density at radius 2 is 1.76 bits per heavy atom. The van der Waals surface area contributed by atoms with E-state index in [4.69, 9.17) is 16.9 Å². The van der Waals surface area contributed by atoms with E-state index < -0.39 is 0 Å². The largest absolute Gasteiger partial charge is 0.331 e. The van der Waals surface area contributed by atoms with E-state index in [-0.39, 0.29) is 0 Å². The lowest BCUT2D eigenvalue weighted by Gasteiger charge is -2.13. The Bertz CT molecular complexity index is 645. The fourth-order valence-corrected chi connectivity index (χ4v) is 2.12. The SMILES string of the molecule is Clc1ccc(N2C=NCC2)cc1.N#Cc1ccc(Br)cc1. The van der Waals surface area contributed by atoms with Gasteiger partial charge in [0, 0.05) is 21.7 Å². The molecule has 21 heavy (non-hydrogen) atoms. The highest BCUT2D eigenvalue weighted by Gasteiger charge is 2.06. The minimum Gasteiger partial charge on any atom is -0.331 e. The Morgan fingerprint density at radius 1 is 1.10 bits per heavy atom. The molecule has 0 unspecified atom stereocenters. The van der Waals surface area contributed by atoms with Crippen LogP contribution < -0.4 is 4.90 Å². The molecule has 2 aromatic rings. The molecular weight excluding hydrogens is 350 g/mol. The van der Waals surface area contributed by atoms with Crippen LogP contribution in [0, 0.1) is 11.3 Å². The average molecular weight is 363 g/mol. The lowest BCUT2D eigenvalue weighted by atomic mass is 10.2. The Balaban J connectivity index is 0.000000161. The minimum absolute atomic E-state index is 0.693. The topological polar surface area (TPSA) is 39.4 Å². The van der Waals surface area contributed by atoms with Crippen LogP contribution in [0.15, 0.2) is 58.0 Å². The molecule has 0 saturated carbocycles. The number of nitrogens with zero attached hydrogens (tertiary/aromatic N) is 3. The molecule has 1 heterocycles. The predicted molar refractivity (Wildman–Crippen MR) is 91.0 cm³/mol. The van der Waals surface area contributed by atoms with Gasteiger partial charge in [-0.15, -0.1) is 0 Å². The zero-order valence-corrected chi connectivity index (χ0v) is 13.5. The fourth-order valence-electron chi connectivity index (χ4n) is 1.73. The third-order valence-electron chi connectivity index (χ3n) is 2.82. The first-order chi connectivity index (χ1) is 10.2. The molecule has 0 bridgehead atoms. The van der Waals surface area contributed by atoms with E-state index in [0.29, 0.717) is 5.56 Å². The summed E-state index contributed by atoms with van der Waals surface area (Å²) < 4.78 is 1.00. The quantitative estimate of drug-likeness (QED) is 0.749. The van der Waals surface area contributed by atoms with Crippen LogP contribution in [-0.4, -0.2) is 19.4 Å². The second-order valence-corrected chi connectivity index (χ2v) is 5.66. The number of benzene rings is 2. The maximum absolute atomic E-state index is 8.36. The smallest absolute Gasteiger partial charge is 0.0991 e. The van der Waals surface area contributed by atoms with Crippen LogP contribution in [0.2, 0.25) is 5.02 Å². The molecule has 2 aromatic carbocycles. The van der Waals surface area contributed by atoms with E-state index >= 15 is 0 Å². The van der Waals surface area contributed by atoms with Crippen molar-refractivity contribution in [3.05, 3.63) is 63.6 Å². The van der Waals surface area contributed by atoms with Gasteiger partial charge in [-0.05, 0) is 48.5 Å². The van der Waals surface area contributed by atoms with Gasteiger partial charge >= 0.3 is 0 Å². The van der Waals surface area contributed by atoms with E-state index in [2.05, 4.69) is 25.8 Å². The van der Waals surface area contributed by atoms with Gasteiger partial charge in [-0.25, -0.2) is 0 Å². The molecule has 1 aliphatic heterocycles. The Hall–Kier alpha value is -1.83. The van der Waals surface area contributed by atoms with Crippen molar-refractivity contribution in [3.63, 3.8) is 0 Å². The lowest BCUT2D eigenvalue weighted by molar-refractivity contribution is 1.02. The zero-order chi connectivity index (χ0) is 15.1. The molecule has 1 aliphatic rings. The van der Waals surface area contributed by atoms with Crippen LogP contribution in [0.5, 0.6) is 0 Å². The van der Waals surface area contributed by atoms with Crippen LogP contribution in [0.4, 0.5) is 5.69 Å². The summed E-state index contributed by atoms with van der Waals surface area (Å²) in [5.41, 5.74) is 1.85. The summed E-state index contributed by atoms with van der Waals surface area (Å²) in [5, 5.41) is 9.14. The van der Waals surface area contributed by atoms with Crippen LogP contribution in [-0.2, 0) is 0 Å². The summed E-state index contributed by atoms with van der Waals surface area (Å²) in [7, 11) is 0. The van der Waals surface area contributed by atoms with Gasteiger partial charge < -0.3 is 4.90 Å². The van der Waals surface area contributed by atoms with E-state index in [9.17, 15) is 0 Å². The number of rotatable bonds is 1. The van der Waals surface area contributed by atoms with Crippen molar-refractivity contribution < 1.29 is 0 Å². The first-order valence-electron chi connectivity index (χ1n) is 6.37. The highest BCUT2D eigenvalue weighted by Crippen LogP contribution is 2.17. The molecule has 0 aromatic heterocycles. The van der Waals surface area contributed by atoms with Crippen molar-refractivity contribution in [3.8, 4) is 6.07 Å². The number of nitriles is 1. The van der Waals surface area contributed by atoms with Crippen LogP contribution in [0.1, 0.15) is 5.56 Å². The first kappa shape index (κ1) is 15.6.